The summed E-state index contributed by atoms with van der Waals surface area (Å²) < 4.78 is 11.4. The number of anilines is 1. The first-order valence-electron chi connectivity index (χ1n) is 9.49. The molecule has 0 aromatic heterocycles. The third-order valence-electron chi connectivity index (χ3n) is 5.11. The summed E-state index contributed by atoms with van der Waals surface area (Å²) in [7, 11) is 0. The third-order valence-corrected chi connectivity index (χ3v) is 5.11. The smallest absolute Gasteiger partial charge is 0.322 e. The molecule has 1 unspecified atom stereocenters. The van der Waals surface area contributed by atoms with Gasteiger partial charge in [0.15, 0.2) is 5.75 Å². The van der Waals surface area contributed by atoms with Crippen LogP contribution < -0.4 is 10.1 Å². The van der Waals surface area contributed by atoms with Crippen molar-refractivity contribution >= 4 is 11.7 Å². The molecule has 27 heavy (non-hydrogen) atoms. The summed E-state index contributed by atoms with van der Waals surface area (Å²) in [4.78, 5) is 17.1. The van der Waals surface area contributed by atoms with Gasteiger partial charge >= 0.3 is 6.03 Å². The SMILES string of the molecule is O=C(Nc1ccccc1Oc1ccccc1)N1CCC(N2CCOCC2)C1. The highest BCUT2D eigenvalue weighted by atomic mass is 16.5. The number of rotatable bonds is 4. The number of carbonyl (C=O) groups excluding carboxylic acids is 1. The molecule has 0 bridgehead atoms. The number of carbonyl (C=O) groups is 1. The normalized spacial score (nSPS) is 20.4. The van der Waals surface area contributed by atoms with Crippen molar-refractivity contribution in [2.24, 2.45) is 0 Å². The molecule has 0 spiro atoms. The predicted octanol–water partition coefficient (Wildman–Crippen LogP) is 3.42. The van der Waals surface area contributed by atoms with Crippen molar-refractivity contribution in [3.63, 3.8) is 0 Å². The molecule has 2 aliphatic heterocycles. The molecular formula is C21H25N3O3. The van der Waals surface area contributed by atoms with Gasteiger partial charge in [-0.25, -0.2) is 4.79 Å². The fraction of sp³-hybridized carbons (Fsp3) is 0.381. The number of urea groups is 1. The summed E-state index contributed by atoms with van der Waals surface area (Å²) in [5.41, 5.74) is 0.682. The Balaban J connectivity index is 1.38. The van der Waals surface area contributed by atoms with E-state index in [1.807, 2.05) is 59.5 Å². The molecule has 6 nitrogen and oxygen atoms in total. The minimum Gasteiger partial charge on any atom is -0.455 e. The number of benzene rings is 2. The summed E-state index contributed by atoms with van der Waals surface area (Å²) in [6.45, 7) is 5.00. The van der Waals surface area contributed by atoms with Crippen LogP contribution in [0.25, 0.3) is 0 Å². The molecule has 0 aliphatic carbocycles. The number of nitrogens with zero attached hydrogens (tertiary/aromatic N) is 2. The van der Waals surface area contributed by atoms with Crippen LogP contribution in [0, 0.1) is 0 Å². The molecule has 2 amide bonds. The number of hydrogen-bond donors (Lipinski definition) is 1. The zero-order valence-corrected chi connectivity index (χ0v) is 15.3. The van der Waals surface area contributed by atoms with Crippen molar-refractivity contribution in [2.45, 2.75) is 12.5 Å². The Labute approximate surface area is 159 Å². The van der Waals surface area contributed by atoms with Gasteiger partial charge in [0.05, 0.1) is 18.9 Å². The summed E-state index contributed by atoms with van der Waals surface area (Å²) in [5.74, 6) is 1.38. The first kappa shape index (κ1) is 17.8. The quantitative estimate of drug-likeness (QED) is 0.900. The summed E-state index contributed by atoms with van der Waals surface area (Å²) >= 11 is 0. The largest absolute Gasteiger partial charge is 0.455 e. The lowest BCUT2D eigenvalue weighted by Gasteiger charge is -2.32. The first-order valence-corrected chi connectivity index (χ1v) is 9.49. The maximum Gasteiger partial charge on any atom is 0.322 e. The lowest BCUT2D eigenvalue weighted by atomic mass is 10.2. The second kappa shape index (κ2) is 8.41. The van der Waals surface area contributed by atoms with Crippen molar-refractivity contribution in [1.82, 2.24) is 9.80 Å². The average molecular weight is 367 g/mol. The van der Waals surface area contributed by atoms with Crippen molar-refractivity contribution in [2.75, 3.05) is 44.7 Å². The van der Waals surface area contributed by atoms with E-state index in [2.05, 4.69) is 10.2 Å². The number of para-hydroxylation sites is 3. The van der Waals surface area contributed by atoms with Gasteiger partial charge in [-0.05, 0) is 30.7 Å². The highest BCUT2D eigenvalue weighted by molar-refractivity contribution is 5.91. The number of amides is 2. The monoisotopic (exact) mass is 367 g/mol. The Morgan fingerprint density at radius 1 is 1.00 bits per heavy atom. The van der Waals surface area contributed by atoms with Crippen LogP contribution in [0.4, 0.5) is 10.5 Å². The maximum absolute atomic E-state index is 12.8. The number of ether oxygens (including phenoxy) is 2. The van der Waals surface area contributed by atoms with Crippen LogP contribution in [-0.4, -0.2) is 61.3 Å². The molecule has 0 saturated carbocycles. The molecule has 6 heteroatoms. The van der Waals surface area contributed by atoms with Crippen molar-refractivity contribution in [3.8, 4) is 11.5 Å². The van der Waals surface area contributed by atoms with Crippen LogP contribution in [0.3, 0.4) is 0 Å². The molecular weight excluding hydrogens is 342 g/mol. The molecule has 1 N–H and O–H groups in total. The molecule has 2 fully saturated rings. The highest BCUT2D eigenvalue weighted by Crippen LogP contribution is 2.29. The van der Waals surface area contributed by atoms with Gasteiger partial charge in [0.25, 0.3) is 0 Å². The van der Waals surface area contributed by atoms with Crippen molar-refractivity contribution in [3.05, 3.63) is 54.6 Å². The predicted molar refractivity (Wildman–Crippen MR) is 104 cm³/mol. The summed E-state index contributed by atoms with van der Waals surface area (Å²) in [6.07, 6.45) is 1.01. The van der Waals surface area contributed by atoms with Crippen LogP contribution in [-0.2, 0) is 4.74 Å². The second-order valence-corrected chi connectivity index (χ2v) is 6.88. The summed E-state index contributed by atoms with van der Waals surface area (Å²) in [6, 6.07) is 17.5. The maximum atomic E-state index is 12.8. The minimum absolute atomic E-state index is 0.0742. The second-order valence-electron chi connectivity index (χ2n) is 6.88. The Kier molecular flexibility index (Phi) is 5.55. The molecule has 2 aromatic carbocycles. The zero-order valence-electron chi connectivity index (χ0n) is 15.3. The van der Waals surface area contributed by atoms with Crippen molar-refractivity contribution in [1.29, 1.82) is 0 Å². The highest BCUT2D eigenvalue weighted by Gasteiger charge is 2.31. The standard InChI is InChI=1S/C21H25N3O3/c25-21(24-11-10-17(16-24)23-12-14-26-15-13-23)22-19-8-4-5-9-20(19)27-18-6-2-1-3-7-18/h1-9,17H,10-16H2,(H,22,25). The Morgan fingerprint density at radius 2 is 1.74 bits per heavy atom. The van der Waals surface area contributed by atoms with Gasteiger partial charge < -0.3 is 19.7 Å². The molecule has 2 heterocycles. The van der Waals surface area contributed by atoms with Crippen LogP contribution >= 0.6 is 0 Å². The minimum atomic E-state index is -0.0742. The third kappa shape index (κ3) is 4.40. The number of likely N-dealkylation sites (tertiary alicyclic amines) is 1. The molecule has 2 aliphatic rings. The van der Waals surface area contributed by atoms with E-state index in [0.717, 1.165) is 51.6 Å². The van der Waals surface area contributed by atoms with E-state index in [0.29, 0.717) is 17.5 Å². The molecule has 2 saturated heterocycles. The molecule has 0 radical (unpaired) electrons. The van der Waals surface area contributed by atoms with E-state index in [9.17, 15) is 4.79 Å². The van der Waals surface area contributed by atoms with Gasteiger partial charge in [0, 0.05) is 32.2 Å². The Morgan fingerprint density at radius 3 is 2.56 bits per heavy atom. The lowest BCUT2D eigenvalue weighted by Crippen LogP contribution is -2.45. The first-order chi connectivity index (χ1) is 13.3. The van der Waals surface area contributed by atoms with E-state index >= 15 is 0 Å². The fourth-order valence-electron chi connectivity index (χ4n) is 3.64. The van der Waals surface area contributed by atoms with Gasteiger partial charge in [0.2, 0.25) is 0 Å². The van der Waals surface area contributed by atoms with Crippen LogP contribution in [0.2, 0.25) is 0 Å². The van der Waals surface area contributed by atoms with Gasteiger partial charge in [-0.1, -0.05) is 30.3 Å². The molecule has 2 aromatic rings. The average Bonchev–Trinajstić information content (AvgIpc) is 3.21. The lowest BCUT2D eigenvalue weighted by molar-refractivity contribution is 0.0192. The van der Waals surface area contributed by atoms with Crippen LogP contribution in [0.15, 0.2) is 54.6 Å². The topological polar surface area (TPSA) is 54.0 Å². The number of hydrogen-bond acceptors (Lipinski definition) is 4. The van der Waals surface area contributed by atoms with Crippen LogP contribution in [0.1, 0.15) is 6.42 Å². The van der Waals surface area contributed by atoms with Gasteiger partial charge in [-0.2, -0.15) is 0 Å². The molecule has 4 rings (SSSR count). The zero-order chi connectivity index (χ0) is 18.5. The van der Waals surface area contributed by atoms with Gasteiger partial charge in [0.1, 0.15) is 5.75 Å². The Hall–Kier alpha value is -2.57. The van der Waals surface area contributed by atoms with Gasteiger partial charge in [-0.3, -0.25) is 4.90 Å². The summed E-state index contributed by atoms with van der Waals surface area (Å²) in [5, 5.41) is 3.01. The number of morpholine rings is 1. The Bertz CT molecular complexity index is 762. The number of nitrogens with one attached hydrogen (secondary N) is 1. The van der Waals surface area contributed by atoms with E-state index in [-0.39, 0.29) is 6.03 Å². The van der Waals surface area contributed by atoms with E-state index in [1.54, 1.807) is 0 Å². The molecule has 1 atom stereocenters. The van der Waals surface area contributed by atoms with Crippen molar-refractivity contribution < 1.29 is 14.3 Å². The van der Waals surface area contributed by atoms with E-state index in [1.165, 1.54) is 0 Å². The van der Waals surface area contributed by atoms with E-state index in [4.69, 9.17) is 9.47 Å². The van der Waals surface area contributed by atoms with E-state index < -0.39 is 0 Å². The fourth-order valence-corrected chi connectivity index (χ4v) is 3.64. The van der Waals surface area contributed by atoms with Crippen LogP contribution in [0.5, 0.6) is 11.5 Å². The molecule has 142 valence electrons. The van der Waals surface area contributed by atoms with Gasteiger partial charge in [-0.15, -0.1) is 0 Å².